The minimum atomic E-state index is -0.818. The summed E-state index contributed by atoms with van der Waals surface area (Å²) < 4.78 is 5.38. The topological polar surface area (TPSA) is 71.5 Å². The summed E-state index contributed by atoms with van der Waals surface area (Å²) in [6.45, 7) is 0.279. The fourth-order valence-electron chi connectivity index (χ4n) is 4.46. The van der Waals surface area contributed by atoms with Crippen LogP contribution in [0.5, 0.6) is 5.75 Å². The Morgan fingerprint density at radius 3 is 2.68 bits per heavy atom. The molecule has 0 spiro atoms. The number of carbonyl (C=O) groups is 2. The predicted octanol–water partition coefficient (Wildman–Crippen LogP) is 4.91. The molecular weight excluding hydrogens is 446 g/mol. The Kier molecular flexibility index (Phi) is 8.31. The monoisotopic (exact) mass is 477 g/mol. The van der Waals surface area contributed by atoms with E-state index < -0.39 is 6.04 Å². The van der Waals surface area contributed by atoms with Crippen LogP contribution in [0.25, 0.3) is 0 Å². The van der Waals surface area contributed by atoms with Crippen molar-refractivity contribution in [1.29, 1.82) is 0 Å². The molecule has 7 heteroatoms. The Bertz CT molecular complexity index is 1070. The predicted molar refractivity (Wildman–Crippen MR) is 134 cm³/mol. The van der Waals surface area contributed by atoms with Gasteiger partial charge in [0.25, 0.3) is 0 Å². The van der Waals surface area contributed by atoms with E-state index in [1.807, 2.05) is 60.0 Å². The summed E-state index contributed by atoms with van der Waals surface area (Å²) in [5, 5.41) is 5.18. The molecule has 4 rings (SSSR count). The molecule has 0 unspecified atom stereocenters. The lowest BCUT2D eigenvalue weighted by atomic mass is 9.95. The SMILES string of the molecule is COc1cccc(CN(C(=O)Cc2cccs2)[C@@H](C(=O)NC2CCCCC2)c2ccccn2)c1. The second-order valence-electron chi connectivity index (χ2n) is 8.63. The van der Waals surface area contributed by atoms with Crippen molar-refractivity contribution in [3.8, 4) is 5.75 Å². The molecule has 34 heavy (non-hydrogen) atoms. The Labute approximate surface area is 205 Å². The molecule has 178 valence electrons. The molecule has 1 saturated carbocycles. The fraction of sp³-hybridized carbons (Fsp3) is 0.370. The van der Waals surface area contributed by atoms with Crippen molar-refractivity contribution in [3.05, 3.63) is 82.3 Å². The minimum Gasteiger partial charge on any atom is -0.497 e. The van der Waals surface area contributed by atoms with Crippen LogP contribution in [0.2, 0.25) is 0 Å². The third-order valence-corrected chi connectivity index (χ3v) is 7.07. The standard InChI is InChI=1S/C27H31N3O3S/c1-33-22-12-7-9-20(17-22)19-30(25(31)18-23-13-8-16-34-23)26(24-14-5-6-15-28-24)27(32)29-21-10-3-2-4-11-21/h5-9,12-17,21,26H,2-4,10-11,18-19H2,1H3,(H,29,32)/t26-/m1/s1. The molecule has 2 aromatic heterocycles. The van der Waals surface area contributed by atoms with Crippen LogP contribution in [0.3, 0.4) is 0 Å². The normalized spacial score (nSPS) is 14.9. The Hall–Kier alpha value is -3.19. The van der Waals surface area contributed by atoms with Crippen molar-refractivity contribution in [2.45, 2.75) is 57.2 Å². The van der Waals surface area contributed by atoms with Crippen LogP contribution in [0.15, 0.2) is 66.2 Å². The van der Waals surface area contributed by atoms with E-state index in [2.05, 4.69) is 10.3 Å². The van der Waals surface area contributed by atoms with Gasteiger partial charge in [0, 0.05) is 23.7 Å². The van der Waals surface area contributed by atoms with Crippen LogP contribution in [0.4, 0.5) is 0 Å². The van der Waals surface area contributed by atoms with E-state index in [-0.39, 0.29) is 30.8 Å². The highest BCUT2D eigenvalue weighted by molar-refractivity contribution is 7.10. The van der Waals surface area contributed by atoms with E-state index >= 15 is 0 Å². The Morgan fingerprint density at radius 1 is 1.12 bits per heavy atom. The van der Waals surface area contributed by atoms with Crippen molar-refractivity contribution in [3.63, 3.8) is 0 Å². The number of aromatic nitrogens is 1. The van der Waals surface area contributed by atoms with E-state index in [0.29, 0.717) is 11.4 Å². The zero-order chi connectivity index (χ0) is 23.8. The average Bonchev–Trinajstić information content (AvgIpc) is 3.38. The molecule has 2 heterocycles. The maximum absolute atomic E-state index is 13.7. The quantitative estimate of drug-likeness (QED) is 0.475. The summed E-state index contributed by atoms with van der Waals surface area (Å²) in [6, 6.07) is 16.3. The minimum absolute atomic E-state index is 0.111. The van der Waals surface area contributed by atoms with Crippen LogP contribution < -0.4 is 10.1 Å². The van der Waals surface area contributed by atoms with Crippen molar-refractivity contribution in [1.82, 2.24) is 15.2 Å². The molecule has 1 N–H and O–H groups in total. The highest BCUT2D eigenvalue weighted by Gasteiger charge is 2.34. The number of hydrogen-bond donors (Lipinski definition) is 1. The first-order chi connectivity index (χ1) is 16.6. The van der Waals surface area contributed by atoms with E-state index in [1.54, 1.807) is 29.5 Å². The van der Waals surface area contributed by atoms with Gasteiger partial charge in [0.2, 0.25) is 11.8 Å². The van der Waals surface area contributed by atoms with E-state index in [9.17, 15) is 9.59 Å². The maximum Gasteiger partial charge on any atom is 0.249 e. The van der Waals surface area contributed by atoms with E-state index in [1.165, 1.54) is 6.42 Å². The number of nitrogens with one attached hydrogen (secondary N) is 1. The molecule has 1 atom stereocenters. The highest BCUT2D eigenvalue weighted by Crippen LogP contribution is 2.27. The van der Waals surface area contributed by atoms with Gasteiger partial charge >= 0.3 is 0 Å². The lowest BCUT2D eigenvalue weighted by molar-refractivity contribution is -0.141. The number of thiophene rings is 1. The molecule has 1 aliphatic rings. The molecule has 1 aromatic carbocycles. The van der Waals surface area contributed by atoms with Gasteiger partial charge in [0.05, 0.1) is 19.2 Å². The van der Waals surface area contributed by atoms with Crippen molar-refractivity contribution in [2.24, 2.45) is 0 Å². The van der Waals surface area contributed by atoms with Gasteiger partial charge < -0.3 is 15.0 Å². The van der Waals surface area contributed by atoms with Gasteiger partial charge in [-0.15, -0.1) is 11.3 Å². The number of hydrogen-bond acceptors (Lipinski definition) is 5. The molecule has 1 aliphatic carbocycles. The number of nitrogens with zero attached hydrogens (tertiary/aromatic N) is 2. The molecule has 0 aliphatic heterocycles. The van der Waals surface area contributed by atoms with Crippen LogP contribution in [0, 0.1) is 0 Å². The van der Waals surface area contributed by atoms with Crippen LogP contribution in [0.1, 0.15) is 54.3 Å². The molecule has 3 aromatic rings. The van der Waals surface area contributed by atoms with Gasteiger partial charge in [-0.25, -0.2) is 0 Å². The van der Waals surface area contributed by atoms with Gasteiger partial charge in [-0.2, -0.15) is 0 Å². The van der Waals surface area contributed by atoms with Gasteiger partial charge in [-0.3, -0.25) is 14.6 Å². The van der Waals surface area contributed by atoms with Crippen molar-refractivity contribution in [2.75, 3.05) is 7.11 Å². The van der Waals surface area contributed by atoms with Crippen LogP contribution >= 0.6 is 11.3 Å². The number of rotatable bonds is 9. The smallest absolute Gasteiger partial charge is 0.249 e. The summed E-state index contributed by atoms with van der Waals surface area (Å²) in [5.41, 5.74) is 1.46. The maximum atomic E-state index is 13.7. The second kappa shape index (κ2) is 11.8. The molecule has 6 nitrogen and oxygen atoms in total. The Balaban J connectivity index is 1.67. The van der Waals surface area contributed by atoms with E-state index in [0.717, 1.165) is 36.1 Å². The lowest BCUT2D eigenvalue weighted by Crippen LogP contribution is -2.47. The highest BCUT2D eigenvalue weighted by atomic mass is 32.1. The number of ether oxygens (including phenoxy) is 1. The van der Waals surface area contributed by atoms with Crippen LogP contribution in [-0.2, 0) is 22.6 Å². The number of methoxy groups -OCH3 is 1. The van der Waals surface area contributed by atoms with E-state index in [4.69, 9.17) is 4.74 Å². The summed E-state index contributed by atoms with van der Waals surface area (Å²) >= 11 is 1.54. The largest absolute Gasteiger partial charge is 0.497 e. The molecule has 2 amide bonds. The third-order valence-electron chi connectivity index (χ3n) is 6.19. The number of benzene rings is 1. The first kappa shape index (κ1) is 24.0. The summed E-state index contributed by atoms with van der Waals surface area (Å²) in [6.07, 6.45) is 7.29. The molecule has 0 saturated heterocycles. The van der Waals surface area contributed by atoms with Gasteiger partial charge in [-0.1, -0.05) is 43.5 Å². The number of pyridine rings is 1. The summed E-state index contributed by atoms with van der Waals surface area (Å²) in [5.74, 6) is 0.428. The van der Waals surface area contributed by atoms with Gasteiger partial charge in [-0.05, 0) is 54.1 Å². The zero-order valence-corrected chi connectivity index (χ0v) is 20.3. The van der Waals surface area contributed by atoms with Crippen molar-refractivity contribution < 1.29 is 14.3 Å². The number of amides is 2. The average molecular weight is 478 g/mol. The molecule has 0 radical (unpaired) electrons. The third kappa shape index (κ3) is 6.23. The fourth-order valence-corrected chi connectivity index (χ4v) is 5.15. The van der Waals surface area contributed by atoms with Gasteiger partial charge in [0.1, 0.15) is 5.75 Å². The summed E-state index contributed by atoms with van der Waals surface area (Å²) in [7, 11) is 1.62. The first-order valence-electron chi connectivity index (χ1n) is 11.8. The second-order valence-corrected chi connectivity index (χ2v) is 9.66. The molecular formula is C27H31N3O3S. The number of carbonyl (C=O) groups excluding carboxylic acids is 2. The molecule has 1 fully saturated rings. The van der Waals surface area contributed by atoms with Gasteiger partial charge in [0.15, 0.2) is 6.04 Å². The molecule has 0 bridgehead atoms. The lowest BCUT2D eigenvalue weighted by Gasteiger charge is -2.33. The zero-order valence-electron chi connectivity index (χ0n) is 19.5. The van der Waals surface area contributed by atoms with Crippen molar-refractivity contribution >= 4 is 23.2 Å². The summed E-state index contributed by atoms with van der Waals surface area (Å²) in [4.78, 5) is 34.5. The van der Waals surface area contributed by atoms with Crippen LogP contribution in [-0.4, -0.2) is 34.8 Å². The first-order valence-corrected chi connectivity index (χ1v) is 12.7. The Morgan fingerprint density at radius 2 is 1.97 bits per heavy atom.